The van der Waals surface area contributed by atoms with Gasteiger partial charge in [0, 0.05) is 25.3 Å². The van der Waals surface area contributed by atoms with Crippen LogP contribution in [0.2, 0.25) is 0 Å². The first-order valence-corrected chi connectivity index (χ1v) is 10.0. The zero-order valence-corrected chi connectivity index (χ0v) is 15.4. The highest BCUT2D eigenvalue weighted by Crippen LogP contribution is 2.16. The first kappa shape index (κ1) is 18.2. The molecule has 0 unspecified atom stereocenters. The number of benzene rings is 1. The molecule has 1 atom stereocenters. The van der Waals surface area contributed by atoms with Gasteiger partial charge >= 0.3 is 0 Å². The number of nitrogens with one attached hydrogen (secondary N) is 3. The van der Waals surface area contributed by atoms with Crippen LogP contribution in [0.5, 0.6) is 0 Å². The van der Waals surface area contributed by atoms with E-state index < -0.39 is 10.0 Å². The number of sulfonamides is 1. The van der Waals surface area contributed by atoms with Gasteiger partial charge in [0.1, 0.15) is 32.2 Å². The van der Waals surface area contributed by atoms with Gasteiger partial charge in [-0.1, -0.05) is 12.1 Å². The molecule has 1 aliphatic heterocycles. The molecule has 1 saturated heterocycles. The van der Waals surface area contributed by atoms with Crippen LogP contribution in [0.25, 0.3) is 0 Å². The van der Waals surface area contributed by atoms with Crippen molar-refractivity contribution in [3.8, 4) is 0 Å². The average molecular weight is 343 g/mol. The van der Waals surface area contributed by atoms with E-state index in [1.165, 1.54) is 16.7 Å². The number of nitrogens with zero attached hydrogens (tertiary/aromatic N) is 1. The van der Waals surface area contributed by atoms with Gasteiger partial charge in [-0.15, -0.1) is 0 Å². The van der Waals surface area contributed by atoms with E-state index in [1.54, 1.807) is 4.90 Å². The van der Waals surface area contributed by atoms with Gasteiger partial charge in [-0.05, 0) is 12.1 Å². The molecule has 0 saturated carbocycles. The first-order chi connectivity index (χ1) is 10.8. The van der Waals surface area contributed by atoms with Gasteiger partial charge in [0.2, 0.25) is 10.0 Å². The Balaban J connectivity index is 2.18. The van der Waals surface area contributed by atoms with Gasteiger partial charge in [-0.2, -0.15) is 0 Å². The summed E-state index contributed by atoms with van der Waals surface area (Å²) in [7, 11) is 3.08. The van der Waals surface area contributed by atoms with Crippen LogP contribution in [0, 0.1) is 0 Å². The maximum atomic E-state index is 11.5. The van der Waals surface area contributed by atoms with E-state index in [1.807, 2.05) is 14.1 Å². The van der Waals surface area contributed by atoms with Crippen LogP contribution in [0.15, 0.2) is 24.3 Å². The Morgan fingerprint density at radius 1 is 1.13 bits per heavy atom. The van der Waals surface area contributed by atoms with Gasteiger partial charge in [-0.25, -0.2) is 13.1 Å². The Morgan fingerprint density at radius 2 is 1.70 bits per heavy atom. The summed E-state index contributed by atoms with van der Waals surface area (Å²) in [5.41, 5.74) is 2.35. The maximum absolute atomic E-state index is 11.5. The van der Waals surface area contributed by atoms with E-state index in [0.717, 1.165) is 31.9 Å². The summed E-state index contributed by atoms with van der Waals surface area (Å²) in [6, 6.07) is 8.62. The second-order valence-electron chi connectivity index (χ2n) is 6.77. The Kier molecular flexibility index (Phi) is 6.02. The van der Waals surface area contributed by atoms with Crippen LogP contribution < -0.4 is 19.4 Å². The highest BCUT2D eigenvalue weighted by molar-refractivity contribution is 7.88. The lowest BCUT2D eigenvalue weighted by atomic mass is 10.0. The largest absolute Gasteiger partial charge is 0.378 e. The minimum absolute atomic E-state index is 0.161. The van der Waals surface area contributed by atoms with E-state index in [0.29, 0.717) is 6.54 Å². The van der Waals surface area contributed by atoms with Gasteiger partial charge in [0.05, 0.1) is 19.8 Å². The molecule has 23 heavy (non-hydrogen) atoms. The van der Waals surface area contributed by atoms with Crippen LogP contribution in [0.3, 0.4) is 0 Å². The molecule has 0 amide bonds. The van der Waals surface area contributed by atoms with Crippen molar-refractivity contribution in [2.24, 2.45) is 0 Å². The van der Waals surface area contributed by atoms with Crippen molar-refractivity contribution in [1.82, 2.24) is 4.72 Å². The summed E-state index contributed by atoms with van der Waals surface area (Å²) < 4.78 is 25.7. The number of hydrogen-bond acceptors (Lipinski definition) is 3. The molecule has 130 valence electrons. The zero-order valence-electron chi connectivity index (χ0n) is 14.6. The molecule has 0 spiro atoms. The SMILES string of the molecule is CN(C)c1ccc([C@@H](CNS(C)(=O)=O)[NH+]2CC[NH+](C)CC2)cc1. The van der Waals surface area contributed by atoms with Crippen molar-refractivity contribution in [1.29, 1.82) is 0 Å². The van der Waals surface area contributed by atoms with Crippen molar-refractivity contribution in [3.63, 3.8) is 0 Å². The number of likely N-dealkylation sites (N-methyl/N-ethyl adjacent to an activating group) is 1. The predicted octanol–water partition coefficient (Wildman–Crippen LogP) is -2.24. The quantitative estimate of drug-likeness (QED) is 0.548. The van der Waals surface area contributed by atoms with Gasteiger partial charge in [-0.3, -0.25) is 0 Å². The third-order valence-corrected chi connectivity index (χ3v) is 5.29. The lowest BCUT2D eigenvalue weighted by Gasteiger charge is -2.33. The Labute approximate surface area is 140 Å². The second kappa shape index (κ2) is 7.61. The number of anilines is 1. The molecule has 0 aromatic heterocycles. The number of hydrogen-bond donors (Lipinski definition) is 3. The molecular formula is C16H30N4O2S+2. The topological polar surface area (TPSA) is 58.3 Å². The molecular weight excluding hydrogens is 312 g/mol. The first-order valence-electron chi connectivity index (χ1n) is 8.14. The number of quaternary nitrogens is 2. The predicted molar refractivity (Wildman–Crippen MR) is 93.7 cm³/mol. The number of piperazine rings is 1. The van der Waals surface area contributed by atoms with Crippen molar-refractivity contribution in [2.45, 2.75) is 6.04 Å². The average Bonchev–Trinajstić information content (AvgIpc) is 2.48. The lowest BCUT2D eigenvalue weighted by molar-refractivity contribution is -1.02. The van der Waals surface area contributed by atoms with Crippen LogP contribution in [-0.2, 0) is 10.0 Å². The van der Waals surface area contributed by atoms with Crippen LogP contribution in [-0.4, -0.2) is 68.5 Å². The molecule has 7 heteroatoms. The molecule has 6 nitrogen and oxygen atoms in total. The standard InChI is InChI=1S/C16H28N4O2S/c1-18(2)15-7-5-14(6-8-15)16(13-17-23(4,21)22)20-11-9-19(3)10-12-20/h5-8,16-17H,9-13H2,1-4H3/p+2/t16-/m1/s1. The van der Waals surface area contributed by atoms with E-state index in [-0.39, 0.29) is 6.04 Å². The molecule has 1 fully saturated rings. The van der Waals surface area contributed by atoms with Gasteiger partial charge < -0.3 is 14.7 Å². The van der Waals surface area contributed by atoms with E-state index in [9.17, 15) is 8.42 Å². The second-order valence-corrected chi connectivity index (χ2v) is 8.61. The molecule has 2 rings (SSSR count). The summed E-state index contributed by atoms with van der Waals surface area (Å²) in [6.45, 7) is 4.84. The van der Waals surface area contributed by atoms with Gasteiger partial charge in [0.25, 0.3) is 0 Å². The van der Waals surface area contributed by atoms with Crippen molar-refractivity contribution >= 4 is 15.7 Å². The summed E-state index contributed by atoms with van der Waals surface area (Å²) in [5.74, 6) is 0. The van der Waals surface area contributed by atoms with Crippen molar-refractivity contribution in [2.75, 3.05) is 65.0 Å². The third-order valence-electron chi connectivity index (χ3n) is 4.60. The summed E-state index contributed by atoms with van der Waals surface area (Å²) >= 11 is 0. The Bertz CT molecular complexity index is 593. The Morgan fingerprint density at radius 3 is 2.17 bits per heavy atom. The van der Waals surface area contributed by atoms with E-state index in [2.05, 4.69) is 40.9 Å². The maximum Gasteiger partial charge on any atom is 0.208 e. The normalized spacial score (nSPS) is 23.5. The number of rotatable bonds is 6. The smallest absolute Gasteiger partial charge is 0.208 e. The van der Waals surface area contributed by atoms with E-state index in [4.69, 9.17) is 0 Å². The minimum Gasteiger partial charge on any atom is -0.378 e. The summed E-state index contributed by atoms with van der Waals surface area (Å²) in [4.78, 5) is 5.08. The van der Waals surface area contributed by atoms with E-state index >= 15 is 0 Å². The zero-order chi connectivity index (χ0) is 17.0. The molecule has 1 heterocycles. The fourth-order valence-corrected chi connectivity index (χ4v) is 3.55. The molecule has 1 aromatic rings. The molecule has 3 N–H and O–H groups in total. The van der Waals surface area contributed by atoms with Crippen molar-refractivity contribution < 1.29 is 18.2 Å². The molecule has 0 aliphatic carbocycles. The lowest BCUT2D eigenvalue weighted by Crippen LogP contribution is -3.27. The van der Waals surface area contributed by atoms with Gasteiger partial charge in [0.15, 0.2) is 0 Å². The van der Waals surface area contributed by atoms with Crippen LogP contribution in [0.1, 0.15) is 11.6 Å². The third kappa shape index (κ3) is 5.46. The van der Waals surface area contributed by atoms with Crippen LogP contribution >= 0.6 is 0 Å². The summed E-state index contributed by atoms with van der Waals surface area (Å²) in [6.07, 6.45) is 1.22. The minimum atomic E-state index is -3.17. The highest BCUT2D eigenvalue weighted by atomic mass is 32.2. The molecule has 1 aliphatic rings. The molecule has 0 radical (unpaired) electrons. The monoisotopic (exact) mass is 342 g/mol. The summed E-state index contributed by atoms with van der Waals surface area (Å²) in [5, 5.41) is 0. The Hall–Kier alpha value is -1.15. The van der Waals surface area contributed by atoms with Crippen molar-refractivity contribution in [3.05, 3.63) is 29.8 Å². The fraction of sp³-hybridized carbons (Fsp3) is 0.625. The van der Waals surface area contributed by atoms with Crippen LogP contribution in [0.4, 0.5) is 5.69 Å². The molecule has 0 bridgehead atoms. The highest BCUT2D eigenvalue weighted by Gasteiger charge is 2.29. The molecule has 1 aromatic carbocycles. The fourth-order valence-electron chi connectivity index (χ4n) is 3.08.